The van der Waals surface area contributed by atoms with Crippen molar-refractivity contribution in [2.75, 3.05) is 13.2 Å². The zero-order valence-corrected chi connectivity index (χ0v) is 29.0. The fourth-order valence-electron chi connectivity index (χ4n) is 6.66. The Morgan fingerprint density at radius 3 is 0.955 bits per heavy atom. The monoisotopic (exact) mass is 623 g/mol. The van der Waals surface area contributed by atoms with Gasteiger partial charge in [-0.3, -0.25) is 9.59 Å². The first-order valence-electron chi connectivity index (χ1n) is 19.3. The predicted octanol–water partition coefficient (Wildman–Crippen LogP) is 10.6. The second-order valence-corrected chi connectivity index (χ2v) is 13.6. The van der Waals surface area contributed by atoms with Gasteiger partial charge in [0.05, 0.1) is 13.2 Å². The second kappa shape index (κ2) is 27.0. The second-order valence-electron chi connectivity index (χ2n) is 13.6. The topological polar surface area (TPSA) is 71.1 Å². The van der Waals surface area contributed by atoms with Crippen molar-refractivity contribution >= 4 is 11.9 Å². The van der Waals surface area contributed by atoms with Gasteiger partial charge in [0.1, 0.15) is 12.2 Å². The summed E-state index contributed by atoms with van der Waals surface area (Å²) in [4.78, 5) is 24.9. The van der Waals surface area contributed by atoms with Crippen molar-refractivity contribution in [2.24, 2.45) is 0 Å². The van der Waals surface area contributed by atoms with E-state index >= 15 is 0 Å². The lowest BCUT2D eigenvalue weighted by atomic mass is 10.0. The molecule has 2 heterocycles. The number of esters is 2. The van der Waals surface area contributed by atoms with E-state index in [0.717, 1.165) is 25.7 Å². The lowest BCUT2D eigenvalue weighted by Crippen LogP contribution is -2.35. The van der Waals surface area contributed by atoms with E-state index in [1.807, 2.05) is 0 Å². The zero-order valence-electron chi connectivity index (χ0n) is 29.0. The first-order chi connectivity index (χ1) is 21.7. The molecule has 0 aromatic heterocycles. The molecule has 258 valence electrons. The normalized spacial score (nSPS) is 21.0. The summed E-state index contributed by atoms with van der Waals surface area (Å²) in [5, 5.41) is 0. The van der Waals surface area contributed by atoms with Gasteiger partial charge >= 0.3 is 11.9 Å². The number of unbranched alkanes of at least 4 members (excludes halogenated alkanes) is 24. The number of hydrogen-bond donors (Lipinski definition) is 0. The van der Waals surface area contributed by atoms with Crippen molar-refractivity contribution in [3.05, 3.63) is 0 Å². The van der Waals surface area contributed by atoms with Crippen molar-refractivity contribution in [2.45, 2.75) is 218 Å². The van der Waals surface area contributed by atoms with Gasteiger partial charge in [0.25, 0.3) is 0 Å². The van der Waals surface area contributed by atoms with Crippen molar-refractivity contribution in [1.29, 1.82) is 0 Å². The highest BCUT2D eigenvalue weighted by Crippen LogP contribution is 2.31. The van der Waals surface area contributed by atoms with E-state index in [1.54, 1.807) is 0 Å². The highest BCUT2D eigenvalue weighted by molar-refractivity contribution is 5.70. The Morgan fingerprint density at radius 2 is 0.682 bits per heavy atom. The Morgan fingerprint density at radius 1 is 0.432 bits per heavy atom. The molecule has 4 atom stereocenters. The van der Waals surface area contributed by atoms with Gasteiger partial charge in [0, 0.05) is 12.8 Å². The lowest BCUT2D eigenvalue weighted by molar-refractivity contribution is -0.155. The highest BCUT2D eigenvalue weighted by atomic mass is 16.7. The summed E-state index contributed by atoms with van der Waals surface area (Å²) in [6, 6.07) is 0. The van der Waals surface area contributed by atoms with Crippen LogP contribution in [0.5, 0.6) is 0 Å². The van der Waals surface area contributed by atoms with E-state index in [-0.39, 0.29) is 24.1 Å². The number of rotatable bonds is 30. The summed E-state index contributed by atoms with van der Waals surface area (Å²) in [6.45, 7) is 5.16. The number of fused-ring (bicyclic) bond motifs is 1. The number of hydrogen-bond acceptors (Lipinski definition) is 6. The first kappa shape index (κ1) is 39.0. The predicted molar refractivity (Wildman–Crippen MR) is 180 cm³/mol. The summed E-state index contributed by atoms with van der Waals surface area (Å²) < 4.78 is 23.2. The minimum atomic E-state index is -0.403. The summed E-state index contributed by atoms with van der Waals surface area (Å²) in [5.74, 6) is -0.345. The molecule has 0 amide bonds. The average Bonchev–Trinajstić information content (AvgIpc) is 3.60. The van der Waals surface area contributed by atoms with Crippen LogP contribution in [0.4, 0.5) is 0 Å². The van der Waals surface area contributed by atoms with Crippen LogP contribution in [-0.2, 0) is 28.5 Å². The van der Waals surface area contributed by atoms with Crippen LogP contribution in [0.25, 0.3) is 0 Å². The van der Waals surface area contributed by atoms with E-state index in [9.17, 15) is 9.59 Å². The molecule has 0 aromatic carbocycles. The SMILES string of the molecule is CCCCCCCCCCCCCCCC(=O)O[C@H]1CO[C@H]2[C@@H]1OC[C@H]2OC(=O)CCCCCCCCCCCCCCC. The molecular weight excluding hydrogens is 552 g/mol. The average molecular weight is 623 g/mol. The Bertz CT molecular complexity index is 639. The molecule has 0 aliphatic carbocycles. The quantitative estimate of drug-likeness (QED) is 0.0586. The number of carbonyl (C=O) groups excluding carboxylic acids is 2. The van der Waals surface area contributed by atoms with Crippen LogP contribution in [-0.4, -0.2) is 49.6 Å². The molecule has 2 aliphatic heterocycles. The number of ether oxygens (including phenoxy) is 4. The molecule has 2 fully saturated rings. The molecule has 2 rings (SSSR count). The smallest absolute Gasteiger partial charge is 0.306 e. The van der Waals surface area contributed by atoms with Gasteiger partial charge in [-0.25, -0.2) is 0 Å². The number of carbonyl (C=O) groups is 2. The van der Waals surface area contributed by atoms with Crippen molar-refractivity contribution in [3.63, 3.8) is 0 Å². The van der Waals surface area contributed by atoms with Crippen molar-refractivity contribution < 1.29 is 28.5 Å². The van der Waals surface area contributed by atoms with Crippen molar-refractivity contribution in [1.82, 2.24) is 0 Å². The summed E-state index contributed by atoms with van der Waals surface area (Å²) in [5.41, 5.74) is 0. The molecule has 0 spiro atoms. The first-order valence-corrected chi connectivity index (χ1v) is 19.3. The van der Waals surface area contributed by atoms with Crippen LogP contribution in [0, 0.1) is 0 Å². The van der Waals surface area contributed by atoms with Gasteiger partial charge in [0.2, 0.25) is 0 Å². The molecule has 6 nitrogen and oxygen atoms in total. The van der Waals surface area contributed by atoms with Crippen LogP contribution >= 0.6 is 0 Å². The Balaban J connectivity index is 1.40. The zero-order chi connectivity index (χ0) is 31.5. The lowest BCUT2D eigenvalue weighted by Gasteiger charge is -2.17. The van der Waals surface area contributed by atoms with Gasteiger partial charge in [-0.2, -0.15) is 0 Å². The van der Waals surface area contributed by atoms with E-state index in [4.69, 9.17) is 18.9 Å². The molecule has 0 saturated carbocycles. The van der Waals surface area contributed by atoms with E-state index < -0.39 is 12.2 Å². The molecule has 0 unspecified atom stereocenters. The van der Waals surface area contributed by atoms with Crippen LogP contribution in [0.1, 0.15) is 194 Å². The summed E-state index contributed by atoms with van der Waals surface area (Å²) in [6.07, 6.45) is 32.8. The summed E-state index contributed by atoms with van der Waals surface area (Å²) >= 11 is 0. The third-order valence-electron chi connectivity index (χ3n) is 9.50. The molecular formula is C38H70O6. The van der Waals surface area contributed by atoms with Gasteiger partial charge in [-0.15, -0.1) is 0 Å². The maximum absolute atomic E-state index is 12.4. The Hall–Kier alpha value is -1.14. The van der Waals surface area contributed by atoms with Crippen LogP contribution in [0.15, 0.2) is 0 Å². The van der Waals surface area contributed by atoms with E-state index in [2.05, 4.69) is 13.8 Å². The molecule has 2 aliphatic rings. The maximum atomic E-state index is 12.4. The Labute approximate surface area is 271 Å². The van der Waals surface area contributed by atoms with Crippen LogP contribution in [0.2, 0.25) is 0 Å². The third kappa shape index (κ3) is 18.7. The van der Waals surface area contributed by atoms with E-state index in [0.29, 0.717) is 26.1 Å². The molecule has 0 radical (unpaired) electrons. The van der Waals surface area contributed by atoms with Crippen molar-refractivity contribution in [3.8, 4) is 0 Å². The molecule has 0 N–H and O–H groups in total. The van der Waals surface area contributed by atoms with Gasteiger partial charge in [-0.05, 0) is 12.8 Å². The van der Waals surface area contributed by atoms with Gasteiger partial charge < -0.3 is 18.9 Å². The fraction of sp³-hybridized carbons (Fsp3) is 0.947. The molecule has 44 heavy (non-hydrogen) atoms. The molecule has 0 aromatic rings. The minimum absolute atomic E-state index is 0.172. The standard InChI is InChI=1S/C38H70O6/c1-3-5-7-9-11-13-15-17-19-21-23-25-27-29-35(39)43-33-31-41-38-34(32-42-37(33)38)44-36(40)30-28-26-24-22-20-18-16-14-12-10-8-6-4-2/h33-34,37-38H,3-32H2,1-2H3/t33-,34+,37-,38-/m1/s1. The maximum Gasteiger partial charge on any atom is 0.306 e. The van der Waals surface area contributed by atoms with Crippen LogP contribution < -0.4 is 0 Å². The molecule has 6 heteroatoms. The molecule has 2 saturated heterocycles. The summed E-state index contributed by atoms with van der Waals surface area (Å²) in [7, 11) is 0. The largest absolute Gasteiger partial charge is 0.457 e. The Kier molecular flexibility index (Phi) is 24.0. The third-order valence-corrected chi connectivity index (χ3v) is 9.50. The van der Waals surface area contributed by atoms with Gasteiger partial charge in [0.15, 0.2) is 12.2 Å². The van der Waals surface area contributed by atoms with Gasteiger partial charge in [-0.1, -0.05) is 168 Å². The minimum Gasteiger partial charge on any atom is -0.457 e. The van der Waals surface area contributed by atoms with E-state index in [1.165, 1.54) is 141 Å². The molecule has 0 bridgehead atoms. The van der Waals surface area contributed by atoms with Crippen LogP contribution in [0.3, 0.4) is 0 Å². The fourth-order valence-corrected chi connectivity index (χ4v) is 6.66. The highest BCUT2D eigenvalue weighted by Gasteiger charge is 2.51.